The molecule has 0 aliphatic carbocycles. The number of aromatic amines is 2. The third kappa shape index (κ3) is 3.07. The predicted octanol–water partition coefficient (Wildman–Crippen LogP) is 3.83. The molecule has 0 bridgehead atoms. The van der Waals surface area contributed by atoms with Crippen LogP contribution >= 0.6 is 11.3 Å². The van der Waals surface area contributed by atoms with Gasteiger partial charge in [0.25, 0.3) is 0 Å². The van der Waals surface area contributed by atoms with Crippen LogP contribution in [0.25, 0.3) is 56.0 Å². The predicted molar refractivity (Wildman–Crippen MR) is 134 cm³/mol. The molecule has 0 saturated carbocycles. The number of anilines is 1. The molecule has 6 aromatic rings. The maximum atomic E-state index is 5.93. The highest BCUT2D eigenvalue weighted by Gasteiger charge is 2.24. The average molecular weight is 466 g/mol. The molecule has 10 heteroatoms. The maximum absolute atomic E-state index is 5.93. The molecule has 9 nitrogen and oxygen atoms in total. The van der Waals surface area contributed by atoms with Crippen molar-refractivity contribution in [1.82, 2.24) is 35.1 Å². The Morgan fingerprint density at radius 2 is 2.00 bits per heavy atom. The summed E-state index contributed by atoms with van der Waals surface area (Å²) in [5, 5.41) is 12.8. The van der Waals surface area contributed by atoms with Gasteiger partial charge in [-0.05, 0) is 40.6 Å². The third-order valence-corrected chi connectivity index (χ3v) is 6.85. The monoisotopic (exact) mass is 465 g/mol. The number of H-pyrrole nitrogens is 2. The summed E-state index contributed by atoms with van der Waals surface area (Å²) >= 11 is 1.66. The van der Waals surface area contributed by atoms with Crippen molar-refractivity contribution in [2.24, 2.45) is 5.73 Å². The Morgan fingerprint density at radius 3 is 2.85 bits per heavy atom. The SMILES string of the molecule is NC1CN(c2cncc(-c3ccc4[nH]nc(-c5nc6nccc(-c7ccsc7)c6[nH]5)c4c3)n2)C1. The van der Waals surface area contributed by atoms with E-state index in [1.807, 2.05) is 18.2 Å². The number of imidazole rings is 1. The van der Waals surface area contributed by atoms with Gasteiger partial charge >= 0.3 is 0 Å². The van der Waals surface area contributed by atoms with Gasteiger partial charge in [0, 0.05) is 41.8 Å². The van der Waals surface area contributed by atoms with E-state index in [2.05, 4.69) is 52.9 Å². The van der Waals surface area contributed by atoms with Crippen LogP contribution in [0.1, 0.15) is 0 Å². The summed E-state index contributed by atoms with van der Waals surface area (Å²) in [6.07, 6.45) is 5.35. The number of thiophene rings is 1. The molecule has 6 heterocycles. The lowest BCUT2D eigenvalue weighted by molar-refractivity contribution is 0.514. The van der Waals surface area contributed by atoms with E-state index in [4.69, 9.17) is 15.7 Å². The normalized spacial score (nSPS) is 14.2. The highest BCUT2D eigenvalue weighted by molar-refractivity contribution is 7.08. The van der Waals surface area contributed by atoms with Crippen molar-refractivity contribution in [1.29, 1.82) is 0 Å². The molecule has 1 aromatic carbocycles. The van der Waals surface area contributed by atoms with Gasteiger partial charge in [0.1, 0.15) is 11.5 Å². The zero-order valence-electron chi connectivity index (χ0n) is 17.9. The number of rotatable bonds is 4. The van der Waals surface area contributed by atoms with Gasteiger partial charge in [0.15, 0.2) is 11.5 Å². The lowest BCUT2D eigenvalue weighted by atomic mass is 10.1. The van der Waals surface area contributed by atoms with Crippen molar-refractivity contribution in [3.63, 3.8) is 0 Å². The molecule has 34 heavy (non-hydrogen) atoms. The summed E-state index contributed by atoms with van der Waals surface area (Å²) in [5.41, 5.74) is 13.1. The lowest BCUT2D eigenvalue weighted by Gasteiger charge is -2.37. The van der Waals surface area contributed by atoms with E-state index in [9.17, 15) is 0 Å². The molecule has 1 aliphatic heterocycles. The molecule has 0 unspecified atom stereocenters. The molecule has 0 amide bonds. The molecule has 5 aromatic heterocycles. The first-order chi connectivity index (χ1) is 16.7. The number of benzene rings is 1. The summed E-state index contributed by atoms with van der Waals surface area (Å²) in [6, 6.07) is 10.4. The highest BCUT2D eigenvalue weighted by Crippen LogP contribution is 2.33. The van der Waals surface area contributed by atoms with Crippen molar-refractivity contribution < 1.29 is 0 Å². The van der Waals surface area contributed by atoms with Crippen molar-refractivity contribution in [2.45, 2.75) is 6.04 Å². The van der Waals surface area contributed by atoms with Crippen LogP contribution in [0.4, 0.5) is 5.82 Å². The van der Waals surface area contributed by atoms with Gasteiger partial charge in [-0.3, -0.25) is 10.1 Å². The molecule has 1 aliphatic rings. The second-order valence-corrected chi connectivity index (χ2v) is 9.19. The van der Waals surface area contributed by atoms with E-state index >= 15 is 0 Å². The number of nitrogens with two attached hydrogens (primary N) is 1. The Hall–Kier alpha value is -4.15. The number of fused-ring (bicyclic) bond motifs is 2. The topological polar surface area (TPSA) is 125 Å². The van der Waals surface area contributed by atoms with Crippen LogP contribution in [0.2, 0.25) is 0 Å². The lowest BCUT2D eigenvalue weighted by Crippen LogP contribution is -2.56. The zero-order chi connectivity index (χ0) is 22.6. The van der Waals surface area contributed by atoms with Crippen LogP contribution in [0, 0.1) is 0 Å². The van der Waals surface area contributed by atoms with Gasteiger partial charge in [-0.1, -0.05) is 6.07 Å². The first-order valence-electron chi connectivity index (χ1n) is 10.9. The van der Waals surface area contributed by atoms with E-state index in [-0.39, 0.29) is 6.04 Å². The Morgan fingerprint density at radius 1 is 1.06 bits per heavy atom. The number of pyridine rings is 1. The standard InChI is InChI=1S/C24H19N9S/c25-15-10-33(11-15)20-9-26-8-19(28-20)13-1-2-18-17(7-13)22(32-31-18)24-29-21-16(14-4-6-34-12-14)3-5-27-23(21)30-24/h1-9,12,15H,10-11,25H2,(H,31,32)(H,27,29,30). The summed E-state index contributed by atoms with van der Waals surface area (Å²) in [4.78, 5) is 24.0. The quantitative estimate of drug-likeness (QED) is 0.361. The Kier molecular flexibility index (Phi) is 4.23. The first-order valence-corrected chi connectivity index (χ1v) is 11.9. The zero-order valence-corrected chi connectivity index (χ0v) is 18.8. The van der Waals surface area contributed by atoms with E-state index in [0.29, 0.717) is 11.5 Å². The van der Waals surface area contributed by atoms with Crippen molar-refractivity contribution >= 4 is 39.2 Å². The van der Waals surface area contributed by atoms with E-state index in [0.717, 1.165) is 63.4 Å². The second kappa shape index (κ2) is 7.44. The van der Waals surface area contributed by atoms with Crippen LogP contribution < -0.4 is 10.6 Å². The number of nitrogens with one attached hydrogen (secondary N) is 2. The molecule has 1 saturated heterocycles. The van der Waals surface area contributed by atoms with Gasteiger partial charge in [0.2, 0.25) is 0 Å². The number of hydrogen-bond donors (Lipinski definition) is 3. The summed E-state index contributed by atoms with van der Waals surface area (Å²) < 4.78 is 0. The minimum absolute atomic E-state index is 0.203. The van der Waals surface area contributed by atoms with E-state index in [1.54, 1.807) is 29.9 Å². The molecule has 4 N–H and O–H groups in total. The molecular formula is C24H19N9S. The molecular weight excluding hydrogens is 446 g/mol. The second-order valence-electron chi connectivity index (χ2n) is 8.41. The van der Waals surface area contributed by atoms with Crippen molar-refractivity contribution in [2.75, 3.05) is 18.0 Å². The summed E-state index contributed by atoms with van der Waals surface area (Å²) in [6.45, 7) is 1.60. The molecule has 7 rings (SSSR count). The van der Waals surface area contributed by atoms with Gasteiger partial charge < -0.3 is 15.6 Å². The Balaban J connectivity index is 1.31. The number of nitrogens with zero attached hydrogens (tertiary/aromatic N) is 6. The van der Waals surface area contributed by atoms with Gasteiger partial charge in [-0.2, -0.15) is 16.4 Å². The van der Waals surface area contributed by atoms with E-state index in [1.165, 1.54) is 0 Å². The van der Waals surface area contributed by atoms with Gasteiger partial charge in [0.05, 0.1) is 29.1 Å². The van der Waals surface area contributed by atoms with Crippen LogP contribution in [0.5, 0.6) is 0 Å². The fraction of sp³-hybridized carbons (Fsp3) is 0.125. The number of hydrogen-bond acceptors (Lipinski definition) is 8. The maximum Gasteiger partial charge on any atom is 0.178 e. The third-order valence-electron chi connectivity index (χ3n) is 6.16. The van der Waals surface area contributed by atoms with Gasteiger partial charge in [-0.25, -0.2) is 15.0 Å². The number of aromatic nitrogens is 7. The smallest absolute Gasteiger partial charge is 0.178 e. The Bertz CT molecular complexity index is 1640. The largest absolute Gasteiger partial charge is 0.352 e. The fourth-order valence-electron chi connectivity index (χ4n) is 4.38. The highest BCUT2D eigenvalue weighted by atomic mass is 32.1. The molecule has 0 spiro atoms. The Labute approximate surface area is 197 Å². The minimum Gasteiger partial charge on any atom is -0.352 e. The minimum atomic E-state index is 0.203. The van der Waals surface area contributed by atoms with Crippen LogP contribution in [0.15, 0.2) is 59.7 Å². The first kappa shape index (κ1) is 19.3. The van der Waals surface area contributed by atoms with E-state index < -0.39 is 0 Å². The van der Waals surface area contributed by atoms with Crippen LogP contribution in [-0.2, 0) is 0 Å². The molecule has 0 atom stereocenters. The fourth-order valence-corrected chi connectivity index (χ4v) is 5.04. The molecule has 0 radical (unpaired) electrons. The average Bonchev–Trinajstić information content (AvgIpc) is 3.60. The summed E-state index contributed by atoms with van der Waals surface area (Å²) in [7, 11) is 0. The van der Waals surface area contributed by atoms with Crippen molar-refractivity contribution in [3.8, 4) is 33.9 Å². The van der Waals surface area contributed by atoms with Crippen LogP contribution in [-0.4, -0.2) is 54.2 Å². The van der Waals surface area contributed by atoms with Crippen molar-refractivity contribution in [3.05, 3.63) is 59.7 Å². The molecule has 1 fully saturated rings. The summed E-state index contributed by atoms with van der Waals surface area (Å²) in [5.74, 6) is 1.51. The molecule has 166 valence electrons. The van der Waals surface area contributed by atoms with Crippen LogP contribution in [0.3, 0.4) is 0 Å². The van der Waals surface area contributed by atoms with Gasteiger partial charge in [-0.15, -0.1) is 0 Å².